The third kappa shape index (κ3) is 3.83. The van der Waals surface area contributed by atoms with Crippen LogP contribution in [0, 0.1) is 0 Å². The van der Waals surface area contributed by atoms with Crippen LogP contribution in [0.5, 0.6) is 0 Å². The highest BCUT2D eigenvalue weighted by Gasteiger charge is 2.35. The molecule has 1 aliphatic carbocycles. The van der Waals surface area contributed by atoms with Gasteiger partial charge in [-0.1, -0.05) is 86.6 Å². The minimum Gasteiger partial charge on any atom is -0.309 e. The normalized spacial score (nSPS) is 13.2. The van der Waals surface area contributed by atoms with Crippen LogP contribution in [-0.4, -0.2) is 4.98 Å². The van der Waals surface area contributed by atoms with Gasteiger partial charge in [-0.15, -0.1) is 0 Å². The number of para-hydroxylation sites is 1. The van der Waals surface area contributed by atoms with E-state index < -0.39 is 0 Å². The zero-order valence-electron chi connectivity index (χ0n) is 23.8. The first-order valence-electron chi connectivity index (χ1n) is 14.5. The molecule has 1 heterocycles. The maximum Gasteiger partial charge on any atom is 0.0644 e. The Morgan fingerprint density at radius 3 is 1.57 bits per heavy atom. The van der Waals surface area contributed by atoms with Gasteiger partial charge in [0.1, 0.15) is 0 Å². The molecule has 200 valence electrons. The van der Waals surface area contributed by atoms with Crippen molar-refractivity contribution in [1.29, 1.82) is 0 Å². The minimum absolute atomic E-state index is 0.0919. The molecule has 42 heavy (non-hydrogen) atoms. The topological polar surface area (TPSA) is 16.1 Å². The lowest BCUT2D eigenvalue weighted by Gasteiger charge is -2.25. The fourth-order valence-corrected chi connectivity index (χ4v) is 6.74. The fourth-order valence-electron chi connectivity index (χ4n) is 6.74. The van der Waals surface area contributed by atoms with Crippen molar-refractivity contribution in [1.82, 2.24) is 4.98 Å². The van der Waals surface area contributed by atoms with Gasteiger partial charge < -0.3 is 4.90 Å². The second-order valence-electron chi connectivity index (χ2n) is 11.7. The molecule has 0 fully saturated rings. The molecule has 1 aromatic heterocycles. The number of nitrogens with zero attached hydrogens (tertiary/aromatic N) is 2. The number of anilines is 3. The zero-order valence-corrected chi connectivity index (χ0v) is 23.8. The molecule has 0 unspecified atom stereocenters. The van der Waals surface area contributed by atoms with E-state index in [-0.39, 0.29) is 5.41 Å². The molecule has 0 saturated carbocycles. The summed E-state index contributed by atoms with van der Waals surface area (Å²) in [5.74, 6) is 0. The van der Waals surface area contributed by atoms with Gasteiger partial charge in [0.05, 0.1) is 11.9 Å². The standard InChI is InChI=1S/C40H30N2/c1-40(2)36-24-31(27-10-5-3-6-11-27)22-29-15-16-30-23-32(25-37(40)39(30)38(29)36)28-17-19-34(20-18-28)42(33-12-7-4-8-13-33)35-14-9-21-41-26-35/h3-26H,1-2H3. The second-order valence-corrected chi connectivity index (χ2v) is 11.7. The first-order chi connectivity index (χ1) is 20.6. The summed E-state index contributed by atoms with van der Waals surface area (Å²) in [5.41, 5.74) is 11.0. The fraction of sp³-hybridized carbons (Fsp3) is 0.0750. The van der Waals surface area contributed by atoms with Crippen LogP contribution in [0.15, 0.2) is 146 Å². The maximum absolute atomic E-state index is 4.38. The van der Waals surface area contributed by atoms with E-state index in [1.807, 2.05) is 24.5 Å². The lowest BCUT2D eigenvalue weighted by Crippen LogP contribution is -2.15. The van der Waals surface area contributed by atoms with Crippen molar-refractivity contribution < 1.29 is 0 Å². The van der Waals surface area contributed by atoms with Crippen LogP contribution < -0.4 is 4.90 Å². The first-order valence-corrected chi connectivity index (χ1v) is 14.5. The average Bonchev–Trinajstić information content (AvgIpc) is 3.28. The first kappa shape index (κ1) is 24.6. The number of rotatable bonds is 5. The Morgan fingerprint density at radius 1 is 0.476 bits per heavy atom. The number of hydrogen-bond donors (Lipinski definition) is 0. The SMILES string of the molecule is CC1(C)c2cc(-c3ccccc3)cc3ccc4cc(-c5ccc(N(c6ccccc6)c6cccnc6)cc5)cc1c4c23. The van der Waals surface area contributed by atoms with Crippen LogP contribution in [0.3, 0.4) is 0 Å². The summed E-state index contributed by atoms with van der Waals surface area (Å²) in [6, 6.07) is 48.4. The van der Waals surface area contributed by atoms with Gasteiger partial charge in [-0.05, 0) is 116 Å². The van der Waals surface area contributed by atoms with Crippen molar-refractivity contribution in [2.75, 3.05) is 4.90 Å². The van der Waals surface area contributed by atoms with E-state index in [4.69, 9.17) is 0 Å². The van der Waals surface area contributed by atoms with E-state index in [0.29, 0.717) is 0 Å². The highest BCUT2D eigenvalue weighted by Crippen LogP contribution is 2.51. The summed E-state index contributed by atoms with van der Waals surface area (Å²) in [6.07, 6.45) is 3.73. The molecule has 0 bridgehead atoms. The Balaban J connectivity index is 1.22. The quantitative estimate of drug-likeness (QED) is 0.203. The van der Waals surface area contributed by atoms with Crippen molar-refractivity contribution in [2.45, 2.75) is 19.3 Å². The van der Waals surface area contributed by atoms with Crippen molar-refractivity contribution in [2.24, 2.45) is 0 Å². The third-order valence-electron chi connectivity index (χ3n) is 8.86. The van der Waals surface area contributed by atoms with Crippen LogP contribution in [0.4, 0.5) is 17.1 Å². The molecule has 0 radical (unpaired) electrons. The highest BCUT2D eigenvalue weighted by atomic mass is 15.1. The van der Waals surface area contributed by atoms with Gasteiger partial charge in [-0.2, -0.15) is 0 Å². The summed E-state index contributed by atoms with van der Waals surface area (Å²) >= 11 is 0. The number of pyridine rings is 1. The largest absolute Gasteiger partial charge is 0.309 e. The van der Waals surface area contributed by atoms with E-state index in [9.17, 15) is 0 Å². The molecular weight excluding hydrogens is 508 g/mol. The molecule has 8 rings (SSSR count). The smallest absolute Gasteiger partial charge is 0.0644 e. The molecule has 2 nitrogen and oxygen atoms in total. The number of aromatic nitrogens is 1. The van der Waals surface area contributed by atoms with E-state index in [1.165, 1.54) is 54.9 Å². The van der Waals surface area contributed by atoms with Crippen LogP contribution in [0.25, 0.3) is 43.8 Å². The van der Waals surface area contributed by atoms with Gasteiger partial charge in [0.2, 0.25) is 0 Å². The Labute approximate surface area is 246 Å². The lowest BCUT2D eigenvalue weighted by molar-refractivity contribution is 0.663. The van der Waals surface area contributed by atoms with Gasteiger partial charge in [0.25, 0.3) is 0 Å². The summed E-state index contributed by atoms with van der Waals surface area (Å²) in [7, 11) is 0. The third-order valence-corrected chi connectivity index (χ3v) is 8.86. The molecule has 1 aliphatic rings. The highest BCUT2D eigenvalue weighted by molar-refractivity contribution is 6.16. The Kier molecular flexibility index (Phi) is 5.52. The molecule has 6 aromatic carbocycles. The monoisotopic (exact) mass is 538 g/mol. The van der Waals surface area contributed by atoms with E-state index >= 15 is 0 Å². The molecule has 0 spiro atoms. The van der Waals surface area contributed by atoms with Crippen molar-refractivity contribution in [3.05, 3.63) is 157 Å². The van der Waals surface area contributed by atoms with Gasteiger partial charge in [-0.25, -0.2) is 0 Å². The predicted octanol–water partition coefficient (Wildman–Crippen LogP) is 10.8. The van der Waals surface area contributed by atoms with E-state index in [2.05, 4.69) is 145 Å². The molecule has 2 heteroatoms. The van der Waals surface area contributed by atoms with Gasteiger partial charge in [0, 0.05) is 23.0 Å². The lowest BCUT2D eigenvalue weighted by atomic mass is 9.80. The summed E-state index contributed by atoms with van der Waals surface area (Å²) in [4.78, 5) is 6.63. The van der Waals surface area contributed by atoms with E-state index in [0.717, 1.165) is 17.1 Å². The molecule has 7 aromatic rings. The Hall–Kier alpha value is -5.21. The number of benzene rings is 6. The van der Waals surface area contributed by atoms with Crippen LogP contribution >= 0.6 is 0 Å². The second kappa shape index (κ2) is 9.43. The van der Waals surface area contributed by atoms with Crippen LogP contribution in [-0.2, 0) is 5.41 Å². The molecule has 0 atom stereocenters. The maximum atomic E-state index is 4.38. The van der Waals surface area contributed by atoms with Crippen LogP contribution in [0.2, 0.25) is 0 Å². The van der Waals surface area contributed by atoms with Crippen molar-refractivity contribution >= 4 is 38.6 Å². The average molecular weight is 539 g/mol. The van der Waals surface area contributed by atoms with Gasteiger partial charge >= 0.3 is 0 Å². The Bertz CT molecular complexity index is 2040. The summed E-state index contributed by atoms with van der Waals surface area (Å²) < 4.78 is 0. The Morgan fingerprint density at radius 2 is 1.00 bits per heavy atom. The van der Waals surface area contributed by atoms with E-state index in [1.54, 1.807) is 0 Å². The van der Waals surface area contributed by atoms with Crippen molar-refractivity contribution in [3.63, 3.8) is 0 Å². The number of hydrogen-bond acceptors (Lipinski definition) is 2. The van der Waals surface area contributed by atoms with Crippen molar-refractivity contribution in [3.8, 4) is 22.3 Å². The summed E-state index contributed by atoms with van der Waals surface area (Å²) in [6.45, 7) is 4.76. The molecule has 0 saturated heterocycles. The predicted molar refractivity (Wildman–Crippen MR) is 177 cm³/mol. The zero-order chi connectivity index (χ0) is 28.3. The molecular formula is C40H30N2. The molecule has 0 N–H and O–H groups in total. The van der Waals surface area contributed by atoms with Gasteiger partial charge in [-0.3, -0.25) is 4.98 Å². The molecule has 0 amide bonds. The molecule has 0 aliphatic heterocycles. The van der Waals surface area contributed by atoms with Gasteiger partial charge in [0.15, 0.2) is 0 Å². The summed E-state index contributed by atoms with van der Waals surface area (Å²) in [5, 5.41) is 5.43. The van der Waals surface area contributed by atoms with Crippen LogP contribution in [0.1, 0.15) is 25.0 Å². The minimum atomic E-state index is -0.0919.